The first kappa shape index (κ1) is 40.7. The van der Waals surface area contributed by atoms with Crippen LogP contribution in [-0.4, -0.2) is 15.0 Å². The molecule has 9 aromatic rings. The van der Waals surface area contributed by atoms with Crippen LogP contribution in [0.15, 0.2) is 201 Å². The molecule has 6 heterocycles. The molecule has 0 unspecified atom stereocenters. The lowest BCUT2D eigenvalue weighted by Crippen LogP contribution is -2.30. The van der Waals surface area contributed by atoms with Gasteiger partial charge in [-0.15, -0.1) is 0 Å². The molecule has 0 aliphatic rings. The minimum atomic E-state index is 1.14. The van der Waals surface area contributed by atoms with Crippen LogP contribution >= 0.6 is 0 Å². The van der Waals surface area contributed by atoms with Crippen molar-refractivity contribution in [2.24, 2.45) is 21.1 Å². The van der Waals surface area contributed by atoms with E-state index in [1.165, 1.54) is 72.7 Å². The Morgan fingerprint density at radius 3 is 0.967 bits per heavy atom. The maximum absolute atomic E-state index is 4.18. The summed E-state index contributed by atoms with van der Waals surface area (Å²) < 4.78 is 6.52. The predicted octanol–water partition coefficient (Wildman–Crippen LogP) is 10.6. The summed E-state index contributed by atoms with van der Waals surface area (Å²) in [4.78, 5) is 12.4. The lowest BCUT2D eigenvalue weighted by atomic mass is 10.0. The molecule has 0 radical (unpaired) electrons. The van der Waals surface area contributed by atoms with Crippen molar-refractivity contribution >= 4 is 0 Å². The zero-order valence-electron chi connectivity index (χ0n) is 35.2. The van der Waals surface area contributed by atoms with E-state index in [1.807, 2.05) is 49.1 Å². The molecular weight excluding hydrogens is 733 g/mol. The molecular formula is C54H51N6+3. The van der Waals surface area contributed by atoms with Crippen LogP contribution in [0.3, 0.4) is 0 Å². The van der Waals surface area contributed by atoms with Crippen LogP contribution in [0.1, 0.15) is 16.7 Å². The summed E-state index contributed by atoms with van der Waals surface area (Å²) in [5, 5.41) is 0. The van der Waals surface area contributed by atoms with Crippen LogP contribution in [0.2, 0.25) is 0 Å². The third-order valence-corrected chi connectivity index (χ3v) is 10.7. The smallest absolute Gasteiger partial charge is 0.212 e. The molecule has 6 aromatic heterocycles. The second-order valence-electron chi connectivity index (χ2n) is 14.9. The Labute approximate surface area is 354 Å². The summed E-state index contributed by atoms with van der Waals surface area (Å²) in [6.07, 6.45) is 17.5. The molecule has 0 amide bonds. The van der Waals surface area contributed by atoms with Crippen molar-refractivity contribution in [1.29, 1.82) is 0 Å². The van der Waals surface area contributed by atoms with Crippen LogP contribution in [0.4, 0.5) is 0 Å². The van der Waals surface area contributed by atoms with Gasteiger partial charge < -0.3 is 0 Å². The molecule has 0 spiro atoms. The monoisotopic (exact) mass is 783 g/mol. The normalized spacial score (nSPS) is 10.5. The first-order valence-corrected chi connectivity index (χ1v) is 20.1. The molecule has 0 atom stereocenters. The molecule has 294 valence electrons. The van der Waals surface area contributed by atoms with Crippen molar-refractivity contribution in [3.63, 3.8) is 0 Å². The maximum Gasteiger partial charge on any atom is 0.212 e. The van der Waals surface area contributed by atoms with Gasteiger partial charge in [-0.2, -0.15) is 0 Å². The highest BCUT2D eigenvalue weighted by Crippen LogP contribution is 2.26. The quantitative estimate of drug-likeness (QED) is 0.158. The first-order valence-electron chi connectivity index (χ1n) is 20.1. The zero-order valence-corrected chi connectivity index (χ0v) is 35.2. The Morgan fingerprint density at radius 2 is 0.650 bits per heavy atom. The van der Waals surface area contributed by atoms with Gasteiger partial charge in [-0.3, -0.25) is 15.0 Å². The molecule has 3 aromatic carbocycles. The van der Waals surface area contributed by atoms with Crippen molar-refractivity contribution in [2.75, 3.05) is 0 Å². The number of aromatic nitrogens is 6. The lowest BCUT2D eigenvalue weighted by molar-refractivity contribution is -0.660. The van der Waals surface area contributed by atoms with E-state index in [0.717, 1.165) is 11.1 Å². The van der Waals surface area contributed by atoms with Crippen LogP contribution in [0.5, 0.6) is 0 Å². The number of nitrogens with zero attached hydrogens (tertiary/aromatic N) is 6. The van der Waals surface area contributed by atoms with Gasteiger partial charge in [-0.05, 0) is 104 Å². The second-order valence-corrected chi connectivity index (χ2v) is 14.9. The van der Waals surface area contributed by atoms with E-state index >= 15 is 0 Å². The Balaban J connectivity index is 0.000000136. The van der Waals surface area contributed by atoms with E-state index in [0.29, 0.717) is 0 Å². The van der Waals surface area contributed by atoms with Crippen molar-refractivity contribution in [3.05, 3.63) is 218 Å². The number of rotatable bonds is 6. The Hall–Kier alpha value is -7.44. The molecule has 0 aliphatic heterocycles. The molecule has 6 heteroatoms. The minimum absolute atomic E-state index is 1.14. The van der Waals surface area contributed by atoms with Crippen molar-refractivity contribution < 1.29 is 13.7 Å². The second kappa shape index (κ2) is 19.3. The summed E-state index contributed by atoms with van der Waals surface area (Å²) in [6.45, 7) is 6.43. The fourth-order valence-corrected chi connectivity index (χ4v) is 7.37. The van der Waals surface area contributed by atoms with Gasteiger partial charge in [-0.25, -0.2) is 13.7 Å². The van der Waals surface area contributed by atoms with Gasteiger partial charge in [0.25, 0.3) is 0 Å². The SMILES string of the molecule is Cc1ccccc1-c1ccc(-c2cccnc2)c[n+]1C.Cc1ccccc1-c1ccc(-c2cccnc2)c[n+]1C.Cc1ccccc1-c1ccc(-c2ccncc2)c[n+]1C. The molecule has 0 bridgehead atoms. The van der Waals surface area contributed by atoms with Crippen molar-refractivity contribution in [1.82, 2.24) is 15.0 Å². The van der Waals surface area contributed by atoms with Crippen LogP contribution in [0, 0.1) is 20.8 Å². The highest BCUT2D eigenvalue weighted by molar-refractivity contribution is 5.68. The van der Waals surface area contributed by atoms with E-state index < -0.39 is 0 Å². The predicted molar refractivity (Wildman–Crippen MR) is 243 cm³/mol. The van der Waals surface area contributed by atoms with Gasteiger partial charge in [0.1, 0.15) is 21.1 Å². The van der Waals surface area contributed by atoms with Gasteiger partial charge in [0.05, 0.1) is 0 Å². The standard InChI is InChI=1S/3C18H17N2/c2*1-14-6-3-4-8-17(14)18-10-9-16(13-20(18)2)15-7-5-11-19-12-15;1-14-5-3-4-6-17(14)18-8-7-16(13-20(18)2)15-9-11-19-12-10-15/h3*3-13H,1-2H3/q3*+1. The summed E-state index contributed by atoms with van der Waals surface area (Å²) in [6, 6.07) is 50.5. The average Bonchev–Trinajstić information content (AvgIpc) is 3.29. The number of pyridine rings is 6. The number of benzene rings is 3. The lowest BCUT2D eigenvalue weighted by Gasteiger charge is -2.06. The van der Waals surface area contributed by atoms with Gasteiger partial charge in [-0.1, -0.05) is 66.7 Å². The Morgan fingerprint density at radius 1 is 0.300 bits per heavy atom. The van der Waals surface area contributed by atoms with Crippen LogP contribution < -0.4 is 13.7 Å². The number of aryl methyl sites for hydroxylation is 6. The Kier molecular flexibility index (Phi) is 13.1. The topological polar surface area (TPSA) is 50.3 Å². The van der Waals surface area contributed by atoms with Gasteiger partial charge in [0.2, 0.25) is 17.1 Å². The van der Waals surface area contributed by atoms with E-state index in [-0.39, 0.29) is 0 Å². The maximum atomic E-state index is 4.18. The molecule has 0 aliphatic carbocycles. The first-order chi connectivity index (χ1) is 29.3. The molecule has 9 rings (SSSR count). The molecule has 0 saturated carbocycles. The highest BCUT2D eigenvalue weighted by atomic mass is 14.9. The van der Waals surface area contributed by atoms with E-state index in [9.17, 15) is 0 Å². The van der Waals surface area contributed by atoms with E-state index in [4.69, 9.17) is 0 Å². The summed E-state index contributed by atoms with van der Waals surface area (Å²) in [5.74, 6) is 0. The van der Waals surface area contributed by atoms with Gasteiger partial charge >= 0.3 is 0 Å². The number of hydrogen-bond donors (Lipinski definition) is 0. The highest BCUT2D eigenvalue weighted by Gasteiger charge is 2.16. The zero-order chi connectivity index (χ0) is 41.8. The fourth-order valence-electron chi connectivity index (χ4n) is 7.37. The van der Waals surface area contributed by atoms with Crippen molar-refractivity contribution in [2.45, 2.75) is 20.8 Å². The minimum Gasteiger partial charge on any atom is -0.265 e. The summed E-state index contributed by atoms with van der Waals surface area (Å²) in [5.41, 5.74) is 18.4. The van der Waals surface area contributed by atoms with Gasteiger partial charge in [0, 0.05) is 99.9 Å². The molecule has 0 saturated heterocycles. The van der Waals surface area contributed by atoms with Crippen molar-refractivity contribution in [3.8, 4) is 67.2 Å². The van der Waals surface area contributed by atoms with Gasteiger partial charge in [0.15, 0.2) is 18.6 Å². The summed E-state index contributed by atoms with van der Waals surface area (Å²) in [7, 11) is 6.26. The molecule has 0 fully saturated rings. The molecule has 6 nitrogen and oxygen atoms in total. The summed E-state index contributed by atoms with van der Waals surface area (Å²) >= 11 is 0. The third kappa shape index (κ3) is 9.80. The molecule has 60 heavy (non-hydrogen) atoms. The molecule has 0 N–H and O–H groups in total. The van der Waals surface area contributed by atoms with E-state index in [1.54, 1.807) is 12.4 Å². The average molecular weight is 784 g/mol. The largest absolute Gasteiger partial charge is 0.265 e. The number of hydrogen-bond acceptors (Lipinski definition) is 3. The van der Waals surface area contributed by atoms with Crippen LogP contribution in [0.25, 0.3) is 67.2 Å². The van der Waals surface area contributed by atoms with E-state index in [2.05, 4.69) is 210 Å². The Bertz CT molecular complexity index is 2510. The fraction of sp³-hybridized carbons (Fsp3) is 0.111. The third-order valence-electron chi connectivity index (χ3n) is 10.7. The van der Waals surface area contributed by atoms with Crippen LogP contribution in [-0.2, 0) is 21.1 Å².